The van der Waals surface area contributed by atoms with Crippen LogP contribution in [0.5, 0.6) is 0 Å². The molecule has 3 unspecified atom stereocenters. The minimum absolute atomic E-state index is 0.0125. The quantitative estimate of drug-likeness (QED) is 0.422. The number of hydrogen-bond acceptors (Lipinski definition) is 5. The Kier molecular flexibility index (Phi) is 8.13. The summed E-state index contributed by atoms with van der Waals surface area (Å²) in [7, 11) is 0. The molecular formula is C31H34ClN3O4S. The van der Waals surface area contributed by atoms with Gasteiger partial charge in [0.1, 0.15) is 6.04 Å². The van der Waals surface area contributed by atoms with Crippen molar-refractivity contribution in [1.82, 2.24) is 4.90 Å². The molecule has 1 spiro atoms. The molecule has 0 radical (unpaired) electrons. The van der Waals surface area contributed by atoms with Crippen LogP contribution in [-0.2, 0) is 14.4 Å². The maximum absolute atomic E-state index is 14.5. The van der Waals surface area contributed by atoms with Crippen LogP contribution in [0.15, 0.2) is 79.9 Å². The van der Waals surface area contributed by atoms with Gasteiger partial charge in [-0.2, -0.15) is 0 Å². The van der Waals surface area contributed by atoms with Crippen LogP contribution in [-0.4, -0.2) is 70.0 Å². The van der Waals surface area contributed by atoms with Crippen molar-refractivity contribution in [3.05, 3.63) is 84.9 Å². The number of anilines is 2. The molecule has 0 aliphatic carbocycles. The Morgan fingerprint density at radius 2 is 1.65 bits per heavy atom. The fourth-order valence-electron chi connectivity index (χ4n) is 6.89. The highest BCUT2D eigenvalue weighted by molar-refractivity contribution is 8.02. The second kappa shape index (κ2) is 11.4. The zero-order valence-electron chi connectivity index (χ0n) is 22.5. The van der Waals surface area contributed by atoms with Crippen molar-refractivity contribution in [2.45, 2.75) is 29.4 Å². The van der Waals surface area contributed by atoms with Gasteiger partial charge in [-0.15, -0.1) is 24.9 Å². The van der Waals surface area contributed by atoms with Gasteiger partial charge in [0.15, 0.2) is 0 Å². The lowest BCUT2D eigenvalue weighted by atomic mass is 9.65. The number of nitrogens with zero attached hydrogens (tertiary/aromatic N) is 3. The number of amides is 3. The minimum Gasteiger partial charge on any atom is -0.395 e. The zero-order valence-corrected chi connectivity index (χ0v) is 24.1. The predicted octanol–water partition coefficient (Wildman–Crippen LogP) is 4.41. The summed E-state index contributed by atoms with van der Waals surface area (Å²) < 4.78 is -0.795. The van der Waals surface area contributed by atoms with E-state index in [2.05, 4.69) is 20.1 Å². The summed E-state index contributed by atoms with van der Waals surface area (Å²) >= 11 is 7.73. The van der Waals surface area contributed by atoms with Gasteiger partial charge < -0.3 is 19.8 Å². The highest BCUT2D eigenvalue weighted by atomic mass is 35.5. The molecule has 7 nitrogen and oxygen atoms in total. The van der Waals surface area contributed by atoms with E-state index in [-0.39, 0.29) is 48.6 Å². The molecule has 3 aliphatic heterocycles. The van der Waals surface area contributed by atoms with Gasteiger partial charge in [-0.3, -0.25) is 14.4 Å². The van der Waals surface area contributed by atoms with Crippen LogP contribution in [0, 0.1) is 17.8 Å². The van der Waals surface area contributed by atoms with E-state index in [1.54, 1.807) is 58.0 Å². The number of benzene rings is 2. The summed E-state index contributed by atoms with van der Waals surface area (Å²) in [6.07, 6.45) is 4.06. The maximum atomic E-state index is 14.5. The minimum atomic E-state index is -0.833. The Morgan fingerprint density at radius 3 is 2.25 bits per heavy atom. The average Bonchev–Trinajstić information content (AvgIpc) is 3.55. The van der Waals surface area contributed by atoms with Crippen LogP contribution >= 0.6 is 23.4 Å². The van der Waals surface area contributed by atoms with Crippen molar-refractivity contribution >= 4 is 52.5 Å². The largest absolute Gasteiger partial charge is 0.395 e. The summed E-state index contributed by atoms with van der Waals surface area (Å²) in [5, 5.41) is 10.4. The van der Waals surface area contributed by atoms with Gasteiger partial charge >= 0.3 is 0 Å². The fraction of sp³-hybridized carbons (Fsp3) is 0.387. The van der Waals surface area contributed by atoms with Crippen molar-refractivity contribution in [3.8, 4) is 0 Å². The maximum Gasteiger partial charge on any atom is 0.251 e. The van der Waals surface area contributed by atoms with E-state index >= 15 is 0 Å². The molecule has 1 N–H and O–H groups in total. The number of carbonyl (C=O) groups excluding carboxylic acids is 3. The van der Waals surface area contributed by atoms with Crippen molar-refractivity contribution in [1.29, 1.82) is 0 Å². The number of aliphatic hydroxyl groups excluding tert-OH is 1. The van der Waals surface area contributed by atoms with Gasteiger partial charge in [0.05, 0.1) is 23.2 Å². The Hall–Kier alpha value is -3.07. The topological polar surface area (TPSA) is 81.2 Å². The molecular weight excluding hydrogens is 546 g/mol. The first-order chi connectivity index (χ1) is 19.3. The molecule has 5 rings (SSSR count). The number of thioether (sulfide) groups is 1. The van der Waals surface area contributed by atoms with Crippen LogP contribution in [0.2, 0.25) is 5.02 Å². The second-order valence-electron chi connectivity index (χ2n) is 10.6. The molecule has 3 saturated heterocycles. The Balaban J connectivity index is 1.57. The van der Waals surface area contributed by atoms with E-state index in [0.29, 0.717) is 17.3 Å². The third-order valence-electron chi connectivity index (χ3n) is 8.47. The first-order valence-electron chi connectivity index (χ1n) is 13.5. The van der Waals surface area contributed by atoms with Gasteiger partial charge in [0.25, 0.3) is 5.91 Å². The smallest absolute Gasteiger partial charge is 0.251 e. The molecule has 3 heterocycles. The van der Waals surface area contributed by atoms with E-state index in [1.165, 1.54) is 4.90 Å². The molecule has 2 aromatic carbocycles. The number of para-hydroxylation sites is 1. The van der Waals surface area contributed by atoms with E-state index in [0.717, 1.165) is 12.1 Å². The van der Waals surface area contributed by atoms with E-state index in [1.807, 2.05) is 30.3 Å². The van der Waals surface area contributed by atoms with Crippen LogP contribution in [0.3, 0.4) is 0 Å². The number of β-amino-alcohol motifs (C(OH)–C–C–N with tert-alkyl or cyclic N) is 1. The number of likely N-dealkylation sites (tertiary alicyclic amines) is 1. The molecule has 210 valence electrons. The number of halogens is 1. The summed E-state index contributed by atoms with van der Waals surface area (Å²) in [6.45, 7) is 10.1. The standard InChI is InChI=1S/C31H34ClN3O4S/c1-4-15-33(22-9-7-6-8-10-22)28(37)25-24-19-20(3)31(40-24)26(25)29(38)35(17-18-36)27(31)30(39)34(16-5-2)23-13-11-21(32)12-14-23/h4-14,20,24-27,36H,1-2,15-19H2,3H3/t20?,24-,25+,26+,27?,31?/m1/s1. The van der Waals surface area contributed by atoms with Crippen molar-refractivity contribution in [2.24, 2.45) is 17.8 Å². The van der Waals surface area contributed by atoms with Gasteiger partial charge in [-0.1, -0.05) is 48.9 Å². The van der Waals surface area contributed by atoms with Crippen LogP contribution in [0.1, 0.15) is 13.3 Å². The van der Waals surface area contributed by atoms with Gasteiger partial charge in [0.2, 0.25) is 11.8 Å². The Morgan fingerprint density at radius 1 is 1.05 bits per heavy atom. The molecule has 3 fully saturated rings. The van der Waals surface area contributed by atoms with E-state index in [4.69, 9.17) is 11.6 Å². The molecule has 9 heteroatoms. The molecule has 0 saturated carbocycles. The van der Waals surface area contributed by atoms with Gasteiger partial charge in [0, 0.05) is 41.3 Å². The second-order valence-corrected chi connectivity index (χ2v) is 12.6. The fourth-order valence-corrected chi connectivity index (χ4v) is 9.42. The van der Waals surface area contributed by atoms with E-state index in [9.17, 15) is 19.5 Å². The molecule has 0 aromatic heterocycles. The van der Waals surface area contributed by atoms with Crippen molar-refractivity contribution < 1.29 is 19.5 Å². The van der Waals surface area contributed by atoms with Crippen molar-refractivity contribution in [3.63, 3.8) is 0 Å². The van der Waals surface area contributed by atoms with Crippen molar-refractivity contribution in [2.75, 3.05) is 36.0 Å². The Bertz CT molecular complexity index is 1310. The van der Waals surface area contributed by atoms with Gasteiger partial charge in [-0.05, 0) is 48.7 Å². The average molecular weight is 580 g/mol. The number of rotatable bonds is 10. The normalized spacial score (nSPS) is 28.3. The Labute approximate surface area is 244 Å². The summed E-state index contributed by atoms with van der Waals surface area (Å²) in [5.41, 5.74) is 1.39. The lowest BCUT2D eigenvalue weighted by molar-refractivity contribution is -0.139. The summed E-state index contributed by atoms with van der Waals surface area (Å²) in [5.74, 6) is -1.87. The zero-order chi connectivity index (χ0) is 28.6. The molecule has 6 atom stereocenters. The number of aliphatic hydroxyl groups is 1. The third-order valence-corrected chi connectivity index (χ3v) is 10.8. The highest BCUT2D eigenvalue weighted by Crippen LogP contribution is 2.69. The lowest BCUT2D eigenvalue weighted by Gasteiger charge is -2.41. The van der Waals surface area contributed by atoms with Crippen LogP contribution in [0.25, 0.3) is 0 Å². The molecule has 2 bridgehead atoms. The third kappa shape index (κ3) is 4.46. The lowest BCUT2D eigenvalue weighted by Crippen LogP contribution is -2.58. The van der Waals surface area contributed by atoms with Crippen LogP contribution < -0.4 is 9.80 Å². The number of hydrogen-bond donors (Lipinski definition) is 1. The summed E-state index contributed by atoms with van der Waals surface area (Å²) in [6, 6.07) is 15.5. The monoisotopic (exact) mass is 579 g/mol. The first-order valence-corrected chi connectivity index (χ1v) is 14.8. The molecule has 3 aliphatic rings. The molecule has 3 amide bonds. The van der Waals surface area contributed by atoms with Crippen LogP contribution in [0.4, 0.5) is 11.4 Å². The summed E-state index contributed by atoms with van der Waals surface area (Å²) in [4.78, 5) is 47.8. The SMILES string of the molecule is C=CCN(C(=O)C1N(CCO)C(=O)[C@@H]2[C@@H](C(=O)N(CC=C)c3ccccc3)[C@H]3CC(C)C12S3)c1ccc(Cl)cc1. The molecule has 40 heavy (non-hydrogen) atoms. The number of carbonyl (C=O) groups is 3. The van der Waals surface area contributed by atoms with Gasteiger partial charge in [-0.25, -0.2) is 0 Å². The van der Waals surface area contributed by atoms with E-state index < -0.39 is 22.6 Å². The highest BCUT2D eigenvalue weighted by Gasteiger charge is 2.76. The predicted molar refractivity (Wildman–Crippen MR) is 160 cm³/mol. The molecule has 2 aromatic rings. The first kappa shape index (κ1) is 28.5. The number of fused-ring (bicyclic) bond motifs is 1.